The predicted octanol–water partition coefficient (Wildman–Crippen LogP) is 4.23. The SMILES string of the molecule is CCOc1ccc(S(=O)(=O)N[C@H](Cc2ccccc2)C(=O)Nc2ccc(C)c(C)c2)cc1. The van der Waals surface area contributed by atoms with Crippen LogP contribution in [0.15, 0.2) is 77.7 Å². The van der Waals surface area contributed by atoms with E-state index < -0.39 is 22.0 Å². The molecule has 3 rings (SSSR count). The number of hydrogen-bond acceptors (Lipinski definition) is 4. The van der Waals surface area contributed by atoms with Crippen molar-refractivity contribution in [3.8, 4) is 5.75 Å². The molecule has 0 aliphatic carbocycles. The standard InChI is InChI=1S/C25H28N2O4S/c1-4-31-22-12-14-23(15-13-22)32(29,30)27-24(17-20-8-6-5-7-9-20)25(28)26-21-11-10-18(2)19(3)16-21/h5-16,24,27H,4,17H2,1-3H3,(H,26,28)/t24-/m1/s1. The van der Waals surface area contributed by atoms with E-state index in [-0.39, 0.29) is 11.3 Å². The molecule has 0 saturated heterocycles. The minimum atomic E-state index is -3.93. The third-order valence-corrected chi connectivity index (χ3v) is 6.60. The minimum absolute atomic E-state index is 0.0676. The van der Waals surface area contributed by atoms with E-state index >= 15 is 0 Å². The third kappa shape index (κ3) is 6.18. The highest BCUT2D eigenvalue weighted by Crippen LogP contribution is 2.18. The Balaban J connectivity index is 1.84. The van der Waals surface area contributed by atoms with Gasteiger partial charge in [-0.1, -0.05) is 36.4 Å². The molecule has 3 aromatic carbocycles. The molecule has 32 heavy (non-hydrogen) atoms. The van der Waals surface area contributed by atoms with E-state index in [1.807, 2.05) is 63.2 Å². The molecule has 3 aromatic rings. The maximum absolute atomic E-state index is 13.1. The average Bonchev–Trinajstić information content (AvgIpc) is 2.77. The quantitative estimate of drug-likeness (QED) is 0.509. The second-order valence-electron chi connectivity index (χ2n) is 7.56. The molecule has 2 N–H and O–H groups in total. The summed E-state index contributed by atoms with van der Waals surface area (Å²) in [6, 6.07) is 20.0. The molecule has 0 radical (unpaired) electrons. The van der Waals surface area contributed by atoms with Gasteiger partial charge in [-0.3, -0.25) is 4.79 Å². The van der Waals surface area contributed by atoms with Gasteiger partial charge in [0.25, 0.3) is 0 Å². The highest BCUT2D eigenvalue weighted by Gasteiger charge is 2.26. The Bertz CT molecular complexity index is 1160. The normalized spacial score (nSPS) is 12.2. The first kappa shape index (κ1) is 23.5. The summed E-state index contributed by atoms with van der Waals surface area (Å²) >= 11 is 0. The zero-order valence-electron chi connectivity index (χ0n) is 18.5. The summed E-state index contributed by atoms with van der Waals surface area (Å²) in [6.45, 7) is 6.29. The maximum Gasteiger partial charge on any atom is 0.242 e. The number of ether oxygens (including phenoxy) is 1. The lowest BCUT2D eigenvalue weighted by molar-refractivity contribution is -0.117. The number of anilines is 1. The Kier molecular flexibility index (Phi) is 7.66. The maximum atomic E-state index is 13.1. The van der Waals surface area contributed by atoms with Crippen molar-refractivity contribution in [3.63, 3.8) is 0 Å². The number of carbonyl (C=O) groups is 1. The van der Waals surface area contributed by atoms with Gasteiger partial charge in [-0.25, -0.2) is 8.42 Å². The van der Waals surface area contributed by atoms with E-state index in [1.165, 1.54) is 12.1 Å². The summed E-state index contributed by atoms with van der Waals surface area (Å²) in [5.41, 5.74) is 3.62. The lowest BCUT2D eigenvalue weighted by Gasteiger charge is -2.19. The van der Waals surface area contributed by atoms with Crippen LogP contribution in [0.25, 0.3) is 0 Å². The van der Waals surface area contributed by atoms with Crippen molar-refractivity contribution in [2.24, 2.45) is 0 Å². The molecule has 0 saturated carbocycles. The number of aryl methyl sites for hydroxylation is 2. The number of amides is 1. The Morgan fingerprint density at radius 1 is 0.938 bits per heavy atom. The van der Waals surface area contributed by atoms with Crippen molar-refractivity contribution >= 4 is 21.6 Å². The molecule has 1 atom stereocenters. The number of nitrogens with one attached hydrogen (secondary N) is 2. The molecule has 6 nitrogen and oxygen atoms in total. The van der Waals surface area contributed by atoms with Crippen molar-refractivity contribution in [1.29, 1.82) is 0 Å². The van der Waals surface area contributed by atoms with E-state index in [1.54, 1.807) is 18.2 Å². The highest BCUT2D eigenvalue weighted by atomic mass is 32.2. The Morgan fingerprint density at radius 2 is 1.62 bits per heavy atom. The molecule has 0 unspecified atom stereocenters. The first-order valence-electron chi connectivity index (χ1n) is 10.5. The fraction of sp³-hybridized carbons (Fsp3) is 0.240. The Hall–Kier alpha value is -3.16. The summed E-state index contributed by atoms with van der Waals surface area (Å²) in [6.07, 6.45) is 0.216. The van der Waals surface area contributed by atoms with Gasteiger partial charge in [0.2, 0.25) is 15.9 Å². The number of rotatable bonds is 9. The first-order valence-corrected chi connectivity index (χ1v) is 11.9. The molecule has 0 spiro atoms. The summed E-state index contributed by atoms with van der Waals surface area (Å²) in [5.74, 6) is 0.159. The third-order valence-electron chi connectivity index (χ3n) is 5.12. The van der Waals surface area contributed by atoms with Gasteiger partial charge in [0, 0.05) is 5.69 Å². The van der Waals surface area contributed by atoms with Crippen LogP contribution in [0.1, 0.15) is 23.6 Å². The van der Waals surface area contributed by atoms with E-state index in [2.05, 4.69) is 10.0 Å². The summed E-state index contributed by atoms with van der Waals surface area (Å²) in [7, 11) is -3.93. The number of benzene rings is 3. The molecule has 168 valence electrons. The molecule has 0 aliphatic rings. The van der Waals surface area contributed by atoms with Gasteiger partial charge in [-0.05, 0) is 80.3 Å². The molecule has 0 aromatic heterocycles. The van der Waals surface area contributed by atoms with Gasteiger partial charge in [0.15, 0.2) is 0 Å². The zero-order chi connectivity index (χ0) is 23.1. The Morgan fingerprint density at radius 3 is 2.25 bits per heavy atom. The lowest BCUT2D eigenvalue weighted by Crippen LogP contribution is -2.45. The van der Waals surface area contributed by atoms with E-state index in [4.69, 9.17) is 4.74 Å². The van der Waals surface area contributed by atoms with Crippen LogP contribution in [0.5, 0.6) is 5.75 Å². The van der Waals surface area contributed by atoms with Crippen LogP contribution in [0, 0.1) is 13.8 Å². The summed E-state index contributed by atoms with van der Waals surface area (Å²) in [4.78, 5) is 13.2. The fourth-order valence-corrected chi connectivity index (χ4v) is 4.42. The Labute approximate surface area is 189 Å². The molecule has 1 amide bonds. The number of hydrogen-bond donors (Lipinski definition) is 2. The smallest absolute Gasteiger partial charge is 0.242 e. The van der Waals surface area contributed by atoms with Crippen LogP contribution >= 0.6 is 0 Å². The number of carbonyl (C=O) groups excluding carboxylic acids is 1. The summed E-state index contributed by atoms with van der Waals surface area (Å²) in [5, 5.41) is 2.84. The van der Waals surface area contributed by atoms with Crippen molar-refractivity contribution in [3.05, 3.63) is 89.5 Å². The highest BCUT2D eigenvalue weighted by molar-refractivity contribution is 7.89. The van der Waals surface area contributed by atoms with Gasteiger partial charge in [-0.15, -0.1) is 0 Å². The van der Waals surface area contributed by atoms with E-state index in [9.17, 15) is 13.2 Å². The predicted molar refractivity (Wildman–Crippen MR) is 126 cm³/mol. The first-order chi connectivity index (χ1) is 15.3. The summed E-state index contributed by atoms with van der Waals surface area (Å²) < 4.78 is 34.0. The van der Waals surface area contributed by atoms with Crippen LogP contribution in [0.4, 0.5) is 5.69 Å². The van der Waals surface area contributed by atoms with Crippen molar-refractivity contribution in [1.82, 2.24) is 4.72 Å². The monoisotopic (exact) mass is 452 g/mol. The molecule has 0 fully saturated rings. The second-order valence-corrected chi connectivity index (χ2v) is 9.27. The lowest BCUT2D eigenvalue weighted by atomic mass is 10.1. The van der Waals surface area contributed by atoms with Crippen LogP contribution in [0.2, 0.25) is 0 Å². The fourth-order valence-electron chi connectivity index (χ4n) is 3.22. The van der Waals surface area contributed by atoms with Crippen LogP contribution in [-0.2, 0) is 21.2 Å². The largest absolute Gasteiger partial charge is 0.494 e. The topological polar surface area (TPSA) is 84.5 Å². The van der Waals surface area contributed by atoms with Crippen molar-refractivity contribution in [2.45, 2.75) is 38.1 Å². The van der Waals surface area contributed by atoms with E-state index in [0.29, 0.717) is 18.0 Å². The molecule has 0 heterocycles. The molecule has 0 aliphatic heterocycles. The van der Waals surface area contributed by atoms with Gasteiger partial charge < -0.3 is 10.1 Å². The van der Waals surface area contributed by atoms with Gasteiger partial charge in [0.05, 0.1) is 11.5 Å². The van der Waals surface area contributed by atoms with Crippen LogP contribution in [-0.4, -0.2) is 27.0 Å². The minimum Gasteiger partial charge on any atom is -0.494 e. The van der Waals surface area contributed by atoms with E-state index in [0.717, 1.165) is 16.7 Å². The van der Waals surface area contributed by atoms with Gasteiger partial charge in [-0.2, -0.15) is 4.72 Å². The number of sulfonamides is 1. The van der Waals surface area contributed by atoms with Gasteiger partial charge in [0.1, 0.15) is 11.8 Å². The average molecular weight is 453 g/mol. The van der Waals surface area contributed by atoms with Crippen molar-refractivity contribution < 1.29 is 17.9 Å². The molecule has 7 heteroatoms. The zero-order valence-corrected chi connectivity index (χ0v) is 19.3. The van der Waals surface area contributed by atoms with Crippen LogP contribution in [0.3, 0.4) is 0 Å². The molecule has 0 bridgehead atoms. The van der Waals surface area contributed by atoms with Gasteiger partial charge >= 0.3 is 0 Å². The molecular formula is C25H28N2O4S. The van der Waals surface area contributed by atoms with Crippen molar-refractivity contribution in [2.75, 3.05) is 11.9 Å². The second kappa shape index (κ2) is 10.4. The van der Waals surface area contributed by atoms with Crippen LogP contribution < -0.4 is 14.8 Å². The molecular weight excluding hydrogens is 424 g/mol.